The second kappa shape index (κ2) is 6.82. The highest BCUT2D eigenvalue weighted by molar-refractivity contribution is 7.89. The SMILES string of the molecule is COc1cccc(S(=O)(=O)N[C@H]2CC[C@@H](c3nnc4cnc5[nH]ccc5n34)C2)c1. The second-order valence-corrected chi connectivity index (χ2v) is 8.94. The molecule has 0 radical (unpaired) electrons. The van der Waals surface area contributed by atoms with Gasteiger partial charge in [0.2, 0.25) is 10.0 Å². The van der Waals surface area contributed by atoms with E-state index >= 15 is 0 Å². The molecule has 1 fully saturated rings. The van der Waals surface area contributed by atoms with Crippen LogP contribution >= 0.6 is 0 Å². The number of aromatic amines is 1. The van der Waals surface area contributed by atoms with Gasteiger partial charge in [-0.2, -0.15) is 0 Å². The average molecular weight is 412 g/mol. The van der Waals surface area contributed by atoms with E-state index in [2.05, 4.69) is 24.9 Å². The van der Waals surface area contributed by atoms with Crippen molar-refractivity contribution in [2.45, 2.75) is 36.1 Å². The summed E-state index contributed by atoms with van der Waals surface area (Å²) in [6, 6.07) is 8.27. The van der Waals surface area contributed by atoms with Crippen molar-refractivity contribution in [1.82, 2.24) is 29.3 Å². The Labute approximate surface area is 167 Å². The number of methoxy groups -OCH3 is 1. The van der Waals surface area contributed by atoms with Gasteiger partial charge in [0.1, 0.15) is 11.6 Å². The summed E-state index contributed by atoms with van der Waals surface area (Å²) in [5.41, 5.74) is 2.38. The molecule has 9 nitrogen and oxygen atoms in total. The molecule has 1 aromatic carbocycles. The largest absolute Gasteiger partial charge is 0.497 e. The molecule has 3 aromatic heterocycles. The van der Waals surface area contributed by atoms with Crippen molar-refractivity contribution in [3.8, 4) is 5.75 Å². The van der Waals surface area contributed by atoms with Crippen LogP contribution < -0.4 is 9.46 Å². The molecule has 10 heteroatoms. The molecular formula is C19H20N6O3S. The summed E-state index contributed by atoms with van der Waals surface area (Å²) in [5, 5.41) is 8.63. The first kappa shape index (κ1) is 18.1. The summed E-state index contributed by atoms with van der Waals surface area (Å²) in [5.74, 6) is 1.47. The van der Waals surface area contributed by atoms with E-state index in [9.17, 15) is 8.42 Å². The molecule has 4 aromatic rings. The number of nitrogens with zero attached hydrogens (tertiary/aromatic N) is 4. The van der Waals surface area contributed by atoms with Gasteiger partial charge in [0.15, 0.2) is 11.3 Å². The number of nitrogens with one attached hydrogen (secondary N) is 2. The number of aromatic nitrogens is 5. The standard InChI is InChI=1S/C19H20N6O3S/c1-28-14-3-2-4-15(10-14)29(26,27)24-13-6-5-12(9-13)19-23-22-17-11-21-18-16(25(17)19)7-8-20-18/h2-4,7-8,10-13,20,24H,5-6,9H2,1H3/t12-,13+/m1/s1. The van der Waals surface area contributed by atoms with Gasteiger partial charge < -0.3 is 9.72 Å². The number of fused-ring (bicyclic) bond motifs is 3. The summed E-state index contributed by atoms with van der Waals surface area (Å²) in [6.07, 6.45) is 5.76. The third-order valence-electron chi connectivity index (χ3n) is 5.44. The van der Waals surface area contributed by atoms with E-state index < -0.39 is 10.0 Å². The number of hydrogen-bond donors (Lipinski definition) is 2. The Hall–Kier alpha value is -2.98. The zero-order valence-electron chi connectivity index (χ0n) is 15.7. The maximum atomic E-state index is 12.8. The predicted octanol–water partition coefficient (Wildman–Crippen LogP) is 2.23. The summed E-state index contributed by atoms with van der Waals surface area (Å²) in [4.78, 5) is 7.64. The second-order valence-electron chi connectivity index (χ2n) is 7.23. The van der Waals surface area contributed by atoms with Gasteiger partial charge in [0, 0.05) is 24.2 Å². The third kappa shape index (κ3) is 3.14. The lowest BCUT2D eigenvalue weighted by Gasteiger charge is -2.14. The molecule has 2 N–H and O–H groups in total. The predicted molar refractivity (Wildman–Crippen MR) is 106 cm³/mol. The molecule has 0 aliphatic heterocycles. The van der Waals surface area contributed by atoms with Gasteiger partial charge in [-0.3, -0.25) is 4.40 Å². The summed E-state index contributed by atoms with van der Waals surface area (Å²) >= 11 is 0. The molecule has 0 unspecified atom stereocenters. The lowest BCUT2D eigenvalue weighted by atomic mass is 10.1. The Morgan fingerprint density at radius 1 is 1.24 bits per heavy atom. The van der Waals surface area contributed by atoms with Crippen molar-refractivity contribution in [3.63, 3.8) is 0 Å². The highest BCUT2D eigenvalue weighted by Gasteiger charge is 2.32. The molecule has 0 amide bonds. The Balaban J connectivity index is 1.39. The first-order valence-electron chi connectivity index (χ1n) is 9.38. The minimum Gasteiger partial charge on any atom is -0.497 e. The van der Waals surface area contributed by atoms with Gasteiger partial charge in [-0.15, -0.1) is 10.2 Å². The fourth-order valence-corrected chi connectivity index (χ4v) is 5.36. The van der Waals surface area contributed by atoms with Crippen LogP contribution in [0.25, 0.3) is 16.8 Å². The minimum absolute atomic E-state index is 0.114. The topological polar surface area (TPSA) is 114 Å². The van der Waals surface area contributed by atoms with Crippen LogP contribution in [0.5, 0.6) is 5.75 Å². The van der Waals surface area contributed by atoms with Crippen LogP contribution in [0.3, 0.4) is 0 Å². The summed E-state index contributed by atoms with van der Waals surface area (Å²) in [7, 11) is -2.11. The number of ether oxygens (including phenoxy) is 1. The summed E-state index contributed by atoms with van der Waals surface area (Å²) in [6.45, 7) is 0. The lowest BCUT2D eigenvalue weighted by molar-refractivity contribution is 0.413. The van der Waals surface area contributed by atoms with Crippen LogP contribution in [-0.2, 0) is 10.0 Å². The highest BCUT2D eigenvalue weighted by Crippen LogP contribution is 2.35. The van der Waals surface area contributed by atoms with Crippen LogP contribution in [0.1, 0.15) is 31.0 Å². The van der Waals surface area contributed by atoms with Crippen LogP contribution in [0.15, 0.2) is 47.6 Å². The van der Waals surface area contributed by atoms with Crippen molar-refractivity contribution in [1.29, 1.82) is 0 Å². The average Bonchev–Trinajstić information content (AvgIpc) is 3.45. The molecule has 1 aliphatic carbocycles. The van der Waals surface area contributed by atoms with Crippen LogP contribution in [0, 0.1) is 0 Å². The minimum atomic E-state index is -3.62. The van der Waals surface area contributed by atoms with Gasteiger partial charge in [0.05, 0.1) is 23.7 Å². The number of benzene rings is 1. The fourth-order valence-electron chi connectivity index (χ4n) is 4.04. The van der Waals surface area contributed by atoms with Crippen LogP contribution in [0.2, 0.25) is 0 Å². The van der Waals surface area contributed by atoms with Gasteiger partial charge in [0.25, 0.3) is 0 Å². The molecule has 0 saturated heterocycles. The monoisotopic (exact) mass is 412 g/mol. The normalized spacial score (nSPS) is 19.9. The van der Waals surface area contributed by atoms with E-state index in [-0.39, 0.29) is 16.9 Å². The first-order chi connectivity index (χ1) is 14.0. The van der Waals surface area contributed by atoms with Crippen molar-refractivity contribution >= 4 is 26.8 Å². The van der Waals surface area contributed by atoms with Gasteiger partial charge in [-0.1, -0.05) is 6.07 Å². The summed E-state index contributed by atoms with van der Waals surface area (Å²) < 4.78 is 35.6. The lowest BCUT2D eigenvalue weighted by Crippen LogP contribution is -2.33. The van der Waals surface area contributed by atoms with Crippen molar-refractivity contribution < 1.29 is 13.2 Å². The first-order valence-corrected chi connectivity index (χ1v) is 10.9. The number of H-pyrrole nitrogens is 1. The molecule has 3 heterocycles. The Morgan fingerprint density at radius 3 is 3.00 bits per heavy atom. The molecule has 29 heavy (non-hydrogen) atoms. The van der Waals surface area contributed by atoms with E-state index in [1.54, 1.807) is 24.4 Å². The van der Waals surface area contributed by atoms with Crippen LogP contribution in [-0.4, -0.2) is 46.1 Å². The Bertz CT molecular complexity index is 1300. The Kier molecular flexibility index (Phi) is 4.25. The smallest absolute Gasteiger partial charge is 0.240 e. The van der Waals surface area contributed by atoms with E-state index in [1.807, 2.05) is 16.7 Å². The van der Waals surface area contributed by atoms with E-state index in [0.717, 1.165) is 29.8 Å². The van der Waals surface area contributed by atoms with Crippen molar-refractivity contribution in [3.05, 3.63) is 48.5 Å². The zero-order valence-corrected chi connectivity index (χ0v) is 16.6. The quantitative estimate of drug-likeness (QED) is 0.520. The van der Waals surface area contributed by atoms with Gasteiger partial charge in [-0.25, -0.2) is 18.1 Å². The zero-order chi connectivity index (χ0) is 20.0. The van der Waals surface area contributed by atoms with Gasteiger partial charge in [-0.05, 0) is 37.5 Å². The van der Waals surface area contributed by atoms with Crippen LogP contribution in [0.4, 0.5) is 0 Å². The third-order valence-corrected chi connectivity index (χ3v) is 6.96. The van der Waals surface area contributed by atoms with Gasteiger partial charge >= 0.3 is 0 Å². The number of rotatable bonds is 5. The number of sulfonamides is 1. The maximum absolute atomic E-state index is 12.8. The van der Waals surface area contributed by atoms with Crippen molar-refractivity contribution in [2.75, 3.05) is 7.11 Å². The molecule has 0 spiro atoms. The maximum Gasteiger partial charge on any atom is 0.240 e. The molecular weight excluding hydrogens is 392 g/mol. The fraction of sp³-hybridized carbons (Fsp3) is 0.316. The highest BCUT2D eigenvalue weighted by atomic mass is 32.2. The van der Waals surface area contributed by atoms with E-state index in [4.69, 9.17) is 4.74 Å². The molecule has 1 aliphatic rings. The van der Waals surface area contributed by atoms with Crippen molar-refractivity contribution in [2.24, 2.45) is 0 Å². The molecule has 2 atom stereocenters. The molecule has 0 bridgehead atoms. The molecule has 5 rings (SSSR count). The molecule has 150 valence electrons. The van der Waals surface area contributed by atoms with E-state index in [1.165, 1.54) is 13.2 Å². The molecule has 1 saturated carbocycles. The Morgan fingerprint density at radius 2 is 2.14 bits per heavy atom. The number of hydrogen-bond acceptors (Lipinski definition) is 6. The van der Waals surface area contributed by atoms with E-state index in [0.29, 0.717) is 17.8 Å².